The van der Waals surface area contributed by atoms with Crippen molar-refractivity contribution in [2.75, 3.05) is 14.2 Å². The van der Waals surface area contributed by atoms with Crippen LogP contribution in [0.25, 0.3) is 22.0 Å². The van der Waals surface area contributed by atoms with Gasteiger partial charge in [-0.05, 0) is 55.3 Å². The van der Waals surface area contributed by atoms with Gasteiger partial charge in [-0.2, -0.15) is 0 Å². The Morgan fingerprint density at radius 1 is 1.05 bits per heavy atom. The summed E-state index contributed by atoms with van der Waals surface area (Å²) in [6, 6.07) is 13.7. The third-order valence-electron chi connectivity index (χ3n) is 6.23. The fraction of sp³-hybridized carbons (Fsp3) is 0.250. The number of nitrogens with one attached hydrogen (secondary N) is 2. The number of benzene rings is 2. The van der Waals surface area contributed by atoms with Crippen LogP contribution in [0.3, 0.4) is 0 Å². The summed E-state index contributed by atoms with van der Waals surface area (Å²) < 4.78 is 11.7. The molecule has 0 saturated carbocycles. The molecule has 0 bridgehead atoms. The molecule has 4 rings (SSSR count). The van der Waals surface area contributed by atoms with E-state index < -0.39 is 17.5 Å². The fourth-order valence-corrected chi connectivity index (χ4v) is 4.12. The molecule has 0 fully saturated rings. The minimum absolute atomic E-state index is 0.224. The number of nitrogens with zero attached hydrogens (tertiary/aromatic N) is 1. The van der Waals surface area contributed by atoms with Crippen LogP contribution >= 0.6 is 0 Å². The molecule has 0 aliphatic rings. The normalized spacial score (nSPS) is 11.4. The number of aromatic amines is 1. The van der Waals surface area contributed by atoms with Crippen molar-refractivity contribution < 1.29 is 24.2 Å². The van der Waals surface area contributed by atoms with Gasteiger partial charge in [-0.15, -0.1) is 0 Å². The van der Waals surface area contributed by atoms with E-state index in [0.29, 0.717) is 33.4 Å². The van der Waals surface area contributed by atoms with Crippen molar-refractivity contribution in [3.8, 4) is 16.9 Å². The first-order chi connectivity index (χ1) is 17.5. The number of aryl methyl sites for hydroxylation is 1. The lowest BCUT2D eigenvalue weighted by molar-refractivity contribution is 0.0600. The minimum atomic E-state index is -1.08. The van der Waals surface area contributed by atoms with E-state index in [1.807, 2.05) is 6.07 Å². The number of rotatable bonds is 7. The maximum Gasteiger partial charge on any atom is 0.337 e. The van der Waals surface area contributed by atoms with Gasteiger partial charge in [0.15, 0.2) is 0 Å². The van der Waals surface area contributed by atoms with Gasteiger partial charge in [-0.3, -0.25) is 9.59 Å². The summed E-state index contributed by atoms with van der Waals surface area (Å²) in [6.07, 6.45) is 1.69. The number of carbonyl (C=O) groups excluding carboxylic acids is 2. The van der Waals surface area contributed by atoms with Crippen molar-refractivity contribution in [2.45, 2.75) is 26.0 Å². The smallest absolute Gasteiger partial charge is 0.337 e. The number of esters is 1. The summed E-state index contributed by atoms with van der Waals surface area (Å²) >= 11 is 0. The molecule has 192 valence electrons. The van der Waals surface area contributed by atoms with E-state index >= 15 is 0 Å². The predicted octanol–water partition coefficient (Wildman–Crippen LogP) is 3.49. The number of aromatic nitrogens is 2. The van der Waals surface area contributed by atoms with Gasteiger partial charge >= 0.3 is 5.97 Å². The van der Waals surface area contributed by atoms with Crippen molar-refractivity contribution in [1.29, 1.82) is 0 Å². The Hall–Kier alpha value is -4.37. The molecule has 37 heavy (non-hydrogen) atoms. The molecule has 0 atom stereocenters. The van der Waals surface area contributed by atoms with Crippen LogP contribution in [0.4, 0.5) is 0 Å². The molecule has 2 aromatic heterocycles. The Morgan fingerprint density at radius 3 is 2.38 bits per heavy atom. The van der Waals surface area contributed by atoms with Gasteiger partial charge < -0.3 is 29.4 Å². The molecule has 9 heteroatoms. The third kappa shape index (κ3) is 5.12. The lowest BCUT2D eigenvalue weighted by Gasteiger charge is -2.20. The summed E-state index contributed by atoms with van der Waals surface area (Å²) in [4.78, 5) is 40.5. The van der Waals surface area contributed by atoms with Crippen LogP contribution in [-0.2, 0) is 23.9 Å². The Kier molecular flexibility index (Phi) is 6.91. The highest BCUT2D eigenvalue weighted by atomic mass is 16.5. The number of ether oxygens (including phenoxy) is 2. The predicted molar refractivity (Wildman–Crippen MR) is 140 cm³/mol. The van der Waals surface area contributed by atoms with Crippen LogP contribution in [0.5, 0.6) is 5.75 Å². The molecule has 0 aliphatic carbocycles. The zero-order valence-corrected chi connectivity index (χ0v) is 21.3. The van der Waals surface area contributed by atoms with E-state index in [-0.39, 0.29) is 23.3 Å². The van der Waals surface area contributed by atoms with Gasteiger partial charge in [-0.1, -0.05) is 18.2 Å². The van der Waals surface area contributed by atoms with Crippen LogP contribution in [0.15, 0.2) is 59.5 Å². The van der Waals surface area contributed by atoms with Crippen molar-refractivity contribution >= 4 is 22.8 Å². The number of hydrogen-bond acceptors (Lipinski definition) is 6. The molecule has 0 unspecified atom stereocenters. The van der Waals surface area contributed by atoms with Gasteiger partial charge in [0.2, 0.25) is 0 Å². The molecular weight excluding hydrogens is 474 g/mol. The van der Waals surface area contributed by atoms with Crippen LogP contribution in [-0.4, -0.2) is 40.8 Å². The topological polar surface area (TPSA) is 123 Å². The number of aliphatic hydroxyl groups is 1. The maximum absolute atomic E-state index is 13.0. The number of H-pyrrole nitrogens is 1. The molecule has 0 aliphatic heterocycles. The highest BCUT2D eigenvalue weighted by Gasteiger charge is 2.22. The van der Waals surface area contributed by atoms with E-state index in [1.54, 1.807) is 76.7 Å². The number of fused-ring (bicyclic) bond motifs is 1. The molecule has 9 nitrogen and oxygen atoms in total. The Balaban J connectivity index is 1.70. The maximum atomic E-state index is 13.0. The zero-order valence-electron chi connectivity index (χ0n) is 21.3. The number of amides is 1. The average molecular weight is 504 g/mol. The lowest BCUT2D eigenvalue weighted by Crippen LogP contribution is -2.23. The average Bonchev–Trinajstić information content (AvgIpc) is 3.34. The monoisotopic (exact) mass is 503 g/mol. The van der Waals surface area contributed by atoms with Crippen LogP contribution in [0.1, 0.15) is 45.8 Å². The summed E-state index contributed by atoms with van der Waals surface area (Å²) in [7, 11) is 4.50. The second kappa shape index (κ2) is 9.94. The molecule has 1 amide bonds. The van der Waals surface area contributed by atoms with E-state index in [9.17, 15) is 19.5 Å². The Bertz CT molecular complexity index is 1540. The SMILES string of the molecule is COC(=O)c1ccc(CNC(=O)c2cc3c(-c4cc(C(C)(C)O)ccc4OC)cn(C)c(=O)c3[nH]2)cc1. The third-order valence-corrected chi connectivity index (χ3v) is 6.23. The minimum Gasteiger partial charge on any atom is -0.496 e. The number of carbonyl (C=O) groups is 2. The number of pyridine rings is 1. The summed E-state index contributed by atoms with van der Waals surface area (Å²) in [5.74, 6) is -0.259. The molecule has 2 aromatic carbocycles. The quantitative estimate of drug-likeness (QED) is 0.332. The lowest BCUT2D eigenvalue weighted by atomic mass is 9.93. The molecule has 0 radical (unpaired) electrons. The molecule has 0 saturated heterocycles. The molecular formula is C28H29N3O6. The molecule has 3 N–H and O–H groups in total. The molecule has 2 heterocycles. The van der Waals surface area contributed by atoms with E-state index in [1.165, 1.54) is 11.7 Å². The zero-order chi connectivity index (χ0) is 26.9. The first-order valence-electron chi connectivity index (χ1n) is 11.6. The van der Waals surface area contributed by atoms with Gasteiger partial charge in [0, 0.05) is 36.3 Å². The Morgan fingerprint density at radius 2 is 1.76 bits per heavy atom. The first-order valence-corrected chi connectivity index (χ1v) is 11.6. The van der Waals surface area contributed by atoms with E-state index in [2.05, 4.69) is 10.3 Å². The first kappa shape index (κ1) is 25.7. The highest BCUT2D eigenvalue weighted by Crippen LogP contribution is 2.37. The van der Waals surface area contributed by atoms with E-state index in [0.717, 1.165) is 5.56 Å². The van der Waals surface area contributed by atoms with Crippen LogP contribution in [0, 0.1) is 0 Å². The fourth-order valence-electron chi connectivity index (χ4n) is 4.12. The molecule has 0 spiro atoms. The van der Waals surface area contributed by atoms with Crippen molar-refractivity contribution in [3.63, 3.8) is 0 Å². The van der Waals surface area contributed by atoms with Gasteiger partial charge in [-0.25, -0.2) is 4.79 Å². The van der Waals surface area contributed by atoms with Crippen molar-refractivity contribution in [3.05, 3.63) is 87.5 Å². The van der Waals surface area contributed by atoms with Gasteiger partial charge in [0.05, 0.1) is 25.4 Å². The van der Waals surface area contributed by atoms with Crippen LogP contribution < -0.4 is 15.6 Å². The number of methoxy groups -OCH3 is 2. The largest absolute Gasteiger partial charge is 0.496 e. The van der Waals surface area contributed by atoms with Gasteiger partial charge in [0.1, 0.15) is 17.0 Å². The van der Waals surface area contributed by atoms with Crippen LogP contribution in [0.2, 0.25) is 0 Å². The summed E-state index contributed by atoms with van der Waals surface area (Å²) in [5.41, 5.74) is 2.38. The standard InChI is InChI=1S/C28H29N3O6/c1-28(2,35)18-10-11-23(36-4)19(12-18)21-15-31(3)26(33)24-20(21)13-22(30-24)25(32)29-14-16-6-8-17(9-7-16)27(34)37-5/h6-13,15,30,35H,14H2,1-5H3,(H,29,32). The second-order valence-corrected chi connectivity index (χ2v) is 9.28. The second-order valence-electron chi connectivity index (χ2n) is 9.28. The van der Waals surface area contributed by atoms with Crippen molar-refractivity contribution in [2.24, 2.45) is 7.05 Å². The Labute approximate surface area is 213 Å². The highest BCUT2D eigenvalue weighted by molar-refractivity contribution is 6.03. The number of hydrogen-bond donors (Lipinski definition) is 3. The van der Waals surface area contributed by atoms with E-state index in [4.69, 9.17) is 9.47 Å². The van der Waals surface area contributed by atoms with Gasteiger partial charge in [0.25, 0.3) is 11.5 Å². The summed E-state index contributed by atoms with van der Waals surface area (Å²) in [5, 5.41) is 13.9. The van der Waals surface area contributed by atoms with Crippen molar-refractivity contribution in [1.82, 2.24) is 14.9 Å². The molecule has 4 aromatic rings. The summed E-state index contributed by atoms with van der Waals surface area (Å²) in [6.45, 7) is 3.61.